The Bertz CT molecular complexity index is 979. The van der Waals surface area contributed by atoms with E-state index >= 15 is 0 Å². The summed E-state index contributed by atoms with van der Waals surface area (Å²) in [6.07, 6.45) is 8.63. The number of nitrogens with zero attached hydrogens (tertiary/aromatic N) is 1. The van der Waals surface area contributed by atoms with Gasteiger partial charge in [-0.2, -0.15) is 0 Å². The molecule has 1 aliphatic heterocycles. The van der Waals surface area contributed by atoms with E-state index in [0.717, 1.165) is 25.7 Å². The van der Waals surface area contributed by atoms with E-state index in [-0.39, 0.29) is 22.8 Å². The van der Waals surface area contributed by atoms with Crippen LogP contribution in [0.5, 0.6) is 11.5 Å². The average Bonchev–Trinajstić information content (AvgIpc) is 3.17. The number of benzene rings is 1. The first-order chi connectivity index (χ1) is 16.2. The predicted molar refractivity (Wildman–Crippen MR) is 131 cm³/mol. The lowest BCUT2D eigenvalue weighted by molar-refractivity contribution is -0.157. The Balaban J connectivity index is 1.33. The Morgan fingerprint density at radius 2 is 1.71 bits per heavy atom. The summed E-state index contributed by atoms with van der Waals surface area (Å²) in [5.41, 5.74) is 0.974. The highest BCUT2D eigenvalue weighted by Crippen LogP contribution is 2.64. The van der Waals surface area contributed by atoms with Gasteiger partial charge in [-0.1, -0.05) is 13.8 Å². The first-order valence-electron chi connectivity index (χ1n) is 13.0. The molecule has 0 radical (unpaired) electrons. The Morgan fingerprint density at radius 1 is 0.971 bits per heavy atom. The zero-order chi connectivity index (χ0) is 24.3. The van der Waals surface area contributed by atoms with Crippen LogP contribution in [-0.2, 0) is 4.79 Å². The predicted octanol–water partition coefficient (Wildman–Crippen LogP) is 4.67. The molecule has 6 nitrogen and oxygen atoms in total. The van der Waals surface area contributed by atoms with Crippen molar-refractivity contribution in [3.8, 4) is 11.5 Å². The molecule has 1 heterocycles. The quantitative estimate of drug-likeness (QED) is 0.698. The van der Waals surface area contributed by atoms with Crippen LogP contribution in [0.2, 0.25) is 0 Å². The molecule has 7 atom stereocenters. The van der Waals surface area contributed by atoms with Gasteiger partial charge in [0.05, 0.1) is 14.2 Å². The maximum Gasteiger partial charge on any atom is 0.251 e. The Hall–Kier alpha value is -2.24. The number of hydrogen-bond acceptors (Lipinski definition) is 4. The third kappa shape index (κ3) is 3.43. The number of nitrogens with one attached hydrogen (secondary N) is 1. The first kappa shape index (κ1) is 23.5. The molecule has 2 amide bonds. The van der Waals surface area contributed by atoms with Crippen LogP contribution in [0.25, 0.3) is 0 Å². The molecule has 3 aliphatic carbocycles. The van der Waals surface area contributed by atoms with Gasteiger partial charge < -0.3 is 19.7 Å². The number of carbonyl (C=O) groups excluding carboxylic acids is 2. The molecule has 186 valence electrons. The molecule has 34 heavy (non-hydrogen) atoms. The second-order valence-electron chi connectivity index (χ2n) is 11.7. The van der Waals surface area contributed by atoms with Gasteiger partial charge in [0.2, 0.25) is 5.91 Å². The van der Waals surface area contributed by atoms with Crippen molar-refractivity contribution in [2.75, 3.05) is 21.3 Å². The lowest BCUT2D eigenvalue weighted by Crippen LogP contribution is -2.62. The van der Waals surface area contributed by atoms with Crippen LogP contribution in [0.4, 0.5) is 0 Å². The van der Waals surface area contributed by atoms with Crippen LogP contribution in [0.15, 0.2) is 18.2 Å². The summed E-state index contributed by atoms with van der Waals surface area (Å²) in [6.45, 7) is 4.89. The third-order valence-corrected chi connectivity index (χ3v) is 10.5. The average molecular weight is 469 g/mol. The number of likely N-dealkylation sites (tertiary alicyclic amines) is 1. The van der Waals surface area contributed by atoms with Crippen molar-refractivity contribution < 1.29 is 19.1 Å². The summed E-state index contributed by atoms with van der Waals surface area (Å²) in [7, 11) is 5.22. The van der Waals surface area contributed by atoms with Gasteiger partial charge in [0.1, 0.15) is 0 Å². The highest BCUT2D eigenvalue weighted by Gasteiger charge is 2.61. The lowest BCUT2D eigenvalue weighted by Gasteiger charge is -2.61. The van der Waals surface area contributed by atoms with E-state index in [1.54, 1.807) is 26.4 Å². The zero-order valence-corrected chi connectivity index (χ0v) is 21.4. The van der Waals surface area contributed by atoms with Gasteiger partial charge in [0, 0.05) is 31.1 Å². The fourth-order valence-corrected chi connectivity index (χ4v) is 8.61. The van der Waals surface area contributed by atoms with Gasteiger partial charge in [0.25, 0.3) is 5.91 Å². The normalized spacial score (nSPS) is 39.0. The Kier molecular flexibility index (Phi) is 5.84. The smallest absolute Gasteiger partial charge is 0.251 e. The van der Waals surface area contributed by atoms with E-state index in [2.05, 4.69) is 24.1 Å². The van der Waals surface area contributed by atoms with Crippen LogP contribution in [0, 0.1) is 28.6 Å². The maximum atomic E-state index is 13.2. The summed E-state index contributed by atoms with van der Waals surface area (Å²) in [5.74, 6) is 3.52. The summed E-state index contributed by atoms with van der Waals surface area (Å²) in [5, 5.41) is 3.41. The van der Waals surface area contributed by atoms with Crippen molar-refractivity contribution in [3.63, 3.8) is 0 Å². The number of ether oxygens (including phenoxy) is 2. The van der Waals surface area contributed by atoms with Crippen LogP contribution >= 0.6 is 0 Å². The molecule has 1 aromatic carbocycles. The molecule has 6 heteroatoms. The lowest BCUT2D eigenvalue weighted by atomic mass is 9.47. The molecule has 1 unspecified atom stereocenters. The Labute approximate surface area is 203 Å². The monoisotopic (exact) mass is 468 g/mol. The number of hydrogen-bond donors (Lipinski definition) is 1. The van der Waals surface area contributed by atoms with Crippen molar-refractivity contribution in [2.24, 2.45) is 28.6 Å². The summed E-state index contributed by atoms with van der Waals surface area (Å²) < 4.78 is 10.7. The molecular formula is C28H40N2O4. The van der Waals surface area contributed by atoms with Crippen LogP contribution < -0.4 is 14.8 Å². The molecule has 1 saturated heterocycles. The number of amides is 2. The number of methoxy groups -OCH3 is 2. The molecule has 1 N–H and O–H groups in total. The number of piperidine rings is 1. The van der Waals surface area contributed by atoms with E-state index in [4.69, 9.17) is 9.47 Å². The highest BCUT2D eigenvalue weighted by atomic mass is 16.5. The summed E-state index contributed by atoms with van der Waals surface area (Å²) >= 11 is 0. The number of carbonyl (C=O) groups is 2. The molecule has 3 saturated carbocycles. The highest BCUT2D eigenvalue weighted by molar-refractivity contribution is 5.95. The third-order valence-electron chi connectivity index (χ3n) is 10.5. The minimum Gasteiger partial charge on any atom is -0.493 e. The standard InChI is InChI=1S/C28H40N2O4/c1-27-14-12-20-18(7-11-24-28(20,2)15-13-25(31)30(24)3)19(27)8-10-23(27)29-26(32)17-6-9-21(33-4)22(16-17)34-5/h6,9,16,18-20,23-24H,7-8,10-15H2,1-5H3,(H,29,32)/t18-,19-,20-,23?,24+,27-,28+/m0/s1. The largest absolute Gasteiger partial charge is 0.493 e. The summed E-state index contributed by atoms with van der Waals surface area (Å²) in [6, 6.07) is 5.96. The molecule has 0 spiro atoms. The molecule has 1 aromatic rings. The van der Waals surface area contributed by atoms with Crippen LogP contribution in [0.1, 0.15) is 75.6 Å². The van der Waals surface area contributed by atoms with E-state index in [0.29, 0.717) is 53.2 Å². The van der Waals surface area contributed by atoms with Crippen molar-refractivity contribution >= 4 is 11.8 Å². The SMILES string of the molecule is COc1ccc(C(=O)NC2CC[C@H]3[C@@H]4CC[C@H]5N(C)C(=O)CC[C@]5(C)[C@H]4CC[C@]23C)cc1OC. The molecule has 4 aliphatic rings. The molecule has 0 bridgehead atoms. The fraction of sp³-hybridized carbons (Fsp3) is 0.714. The van der Waals surface area contributed by atoms with Crippen molar-refractivity contribution in [3.05, 3.63) is 23.8 Å². The molecule has 0 aromatic heterocycles. The summed E-state index contributed by atoms with van der Waals surface area (Å²) in [4.78, 5) is 27.7. The van der Waals surface area contributed by atoms with Crippen molar-refractivity contribution in [2.45, 2.75) is 77.3 Å². The van der Waals surface area contributed by atoms with E-state index < -0.39 is 0 Å². The fourth-order valence-electron chi connectivity index (χ4n) is 8.61. The topological polar surface area (TPSA) is 67.9 Å². The van der Waals surface area contributed by atoms with E-state index in [1.165, 1.54) is 19.3 Å². The van der Waals surface area contributed by atoms with Crippen LogP contribution in [0.3, 0.4) is 0 Å². The minimum absolute atomic E-state index is 0.0296. The van der Waals surface area contributed by atoms with Gasteiger partial charge >= 0.3 is 0 Å². The second kappa shape index (κ2) is 8.46. The number of rotatable bonds is 4. The number of fused-ring (bicyclic) bond motifs is 5. The van der Waals surface area contributed by atoms with Crippen LogP contribution in [-0.4, -0.2) is 50.1 Å². The zero-order valence-electron chi connectivity index (χ0n) is 21.4. The van der Waals surface area contributed by atoms with Gasteiger partial charge in [-0.3, -0.25) is 9.59 Å². The minimum atomic E-state index is -0.0296. The van der Waals surface area contributed by atoms with Crippen molar-refractivity contribution in [1.82, 2.24) is 10.2 Å². The molecule has 4 fully saturated rings. The van der Waals surface area contributed by atoms with Gasteiger partial charge in [-0.25, -0.2) is 0 Å². The van der Waals surface area contributed by atoms with E-state index in [1.807, 2.05) is 13.1 Å². The molecular weight excluding hydrogens is 428 g/mol. The van der Waals surface area contributed by atoms with Gasteiger partial charge in [0.15, 0.2) is 11.5 Å². The first-order valence-corrected chi connectivity index (χ1v) is 13.0. The Morgan fingerprint density at radius 3 is 2.44 bits per heavy atom. The second-order valence-corrected chi connectivity index (χ2v) is 11.7. The van der Waals surface area contributed by atoms with E-state index in [9.17, 15) is 9.59 Å². The maximum absolute atomic E-state index is 13.2. The van der Waals surface area contributed by atoms with Gasteiger partial charge in [-0.05, 0) is 91.7 Å². The van der Waals surface area contributed by atoms with Crippen molar-refractivity contribution in [1.29, 1.82) is 0 Å². The van der Waals surface area contributed by atoms with Gasteiger partial charge in [-0.15, -0.1) is 0 Å². The molecule has 5 rings (SSSR count).